The number of aliphatic hydroxyl groups is 2. The summed E-state index contributed by atoms with van der Waals surface area (Å²) in [7, 11) is 0. The standard InChI is InChI=1S/C67H116O12/c1-4-7-10-13-16-19-22-25-27-29-30-32-34-37-40-43-46-49-52-55-61(70)78-65-63(72)62(71)64(66(73)74)79-67(65)76-57-58(77-60(69)54-51-48-45-42-39-35-24-21-18-15-12-9-6-3)56-75-59(68)53-50-47-44-41-38-36-33-31-28-26-23-20-17-14-11-8-5-2/h7,10,16,19,25-28,30,32,58,62-65,67,71-72H,4-6,8-9,11-15,17-18,20-24,29,31,33-57H2,1-3H3,(H,73,74)/b10-7-,19-16-,27-25-,28-26-,32-30-. The van der Waals surface area contributed by atoms with Gasteiger partial charge >= 0.3 is 23.9 Å². The van der Waals surface area contributed by atoms with E-state index in [0.717, 1.165) is 109 Å². The molecule has 12 nitrogen and oxygen atoms in total. The second-order valence-electron chi connectivity index (χ2n) is 22.0. The van der Waals surface area contributed by atoms with Gasteiger partial charge in [0.1, 0.15) is 18.8 Å². The zero-order chi connectivity index (χ0) is 57.5. The van der Waals surface area contributed by atoms with Crippen LogP contribution >= 0.6 is 0 Å². The minimum absolute atomic E-state index is 0.0446. The van der Waals surface area contributed by atoms with Crippen LogP contribution in [0.2, 0.25) is 0 Å². The number of carboxylic acids is 1. The quantitative estimate of drug-likeness (QED) is 0.0228. The van der Waals surface area contributed by atoms with Crippen LogP contribution in [-0.4, -0.2) is 89.2 Å². The van der Waals surface area contributed by atoms with Crippen LogP contribution in [-0.2, 0) is 42.9 Å². The van der Waals surface area contributed by atoms with Crippen LogP contribution in [0.1, 0.15) is 290 Å². The summed E-state index contributed by atoms with van der Waals surface area (Å²) in [5, 5.41) is 31.6. The summed E-state index contributed by atoms with van der Waals surface area (Å²) in [6, 6.07) is 0. The first-order valence-electron chi connectivity index (χ1n) is 32.3. The molecule has 0 aromatic carbocycles. The van der Waals surface area contributed by atoms with Crippen molar-refractivity contribution in [3.8, 4) is 0 Å². The van der Waals surface area contributed by atoms with Gasteiger partial charge in [0.25, 0.3) is 0 Å². The number of rotatable bonds is 55. The molecule has 1 heterocycles. The average molecular weight is 1110 g/mol. The fourth-order valence-corrected chi connectivity index (χ4v) is 9.65. The molecule has 6 atom stereocenters. The van der Waals surface area contributed by atoms with Crippen molar-refractivity contribution >= 4 is 23.9 Å². The molecule has 12 heteroatoms. The lowest BCUT2D eigenvalue weighted by Crippen LogP contribution is -2.61. The predicted octanol–water partition coefficient (Wildman–Crippen LogP) is 17.1. The van der Waals surface area contributed by atoms with E-state index in [1.165, 1.54) is 122 Å². The number of aliphatic hydroxyl groups excluding tert-OH is 2. The minimum atomic E-state index is -1.91. The van der Waals surface area contributed by atoms with Gasteiger partial charge in [0.2, 0.25) is 0 Å². The van der Waals surface area contributed by atoms with Gasteiger partial charge in [-0.2, -0.15) is 0 Å². The fourth-order valence-electron chi connectivity index (χ4n) is 9.65. The van der Waals surface area contributed by atoms with Gasteiger partial charge < -0.3 is 39.0 Å². The van der Waals surface area contributed by atoms with Gasteiger partial charge in [0.15, 0.2) is 24.6 Å². The molecule has 0 aromatic rings. The number of allylic oxidation sites excluding steroid dienone is 10. The number of ether oxygens (including phenoxy) is 5. The summed E-state index contributed by atoms with van der Waals surface area (Å²) in [5.74, 6) is -3.12. The van der Waals surface area contributed by atoms with E-state index in [2.05, 4.69) is 81.5 Å². The van der Waals surface area contributed by atoms with E-state index in [9.17, 15) is 34.5 Å². The average Bonchev–Trinajstić information content (AvgIpc) is 3.46. The number of carboxylic acid groups (broad SMARTS) is 1. The lowest BCUT2D eigenvalue weighted by atomic mass is 9.98. The highest BCUT2D eigenvalue weighted by Gasteiger charge is 2.50. The molecule has 0 saturated carbocycles. The third-order valence-corrected chi connectivity index (χ3v) is 14.6. The Hall–Kier alpha value is -3.58. The van der Waals surface area contributed by atoms with Crippen LogP contribution in [0.5, 0.6) is 0 Å². The molecule has 0 spiro atoms. The zero-order valence-corrected chi connectivity index (χ0v) is 50.4. The molecule has 1 fully saturated rings. The van der Waals surface area contributed by atoms with Crippen molar-refractivity contribution in [3.63, 3.8) is 0 Å². The normalized spacial score (nSPS) is 18.2. The largest absolute Gasteiger partial charge is 0.479 e. The fraction of sp³-hybridized carbons (Fsp3) is 0.791. The van der Waals surface area contributed by atoms with Crippen molar-refractivity contribution in [1.29, 1.82) is 0 Å². The smallest absolute Gasteiger partial charge is 0.335 e. The van der Waals surface area contributed by atoms with Crippen molar-refractivity contribution in [1.82, 2.24) is 0 Å². The van der Waals surface area contributed by atoms with E-state index in [0.29, 0.717) is 19.3 Å². The third kappa shape index (κ3) is 44.7. The minimum Gasteiger partial charge on any atom is -0.479 e. The highest BCUT2D eigenvalue weighted by molar-refractivity contribution is 5.74. The van der Waals surface area contributed by atoms with Crippen LogP contribution in [0.15, 0.2) is 60.8 Å². The van der Waals surface area contributed by atoms with Crippen LogP contribution in [0.3, 0.4) is 0 Å². The van der Waals surface area contributed by atoms with E-state index in [1.807, 2.05) is 0 Å². The van der Waals surface area contributed by atoms with E-state index >= 15 is 0 Å². The maximum Gasteiger partial charge on any atom is 0.335 e. The van der Waals surface area contributed by atoms with Gasteiger partial charge in [0.05, 0.1) is 6.61 Å². The molecule has 0 aromatic heterocycles. The Bertz CT molecular complexity index is 1600. The van der Waals surface area contributed by atoms with E-state index < -0.39 is 67.3 Å². The molecular weight excluding hydrogens is 997 g/mol. The Morgan fingerprint density at radius 2 is 0.797 bits per heavy atom. The summed E-state index contributed by atoms with van der Waals surface area (Å²) in [6.07, 6.45) is 56.0. The van der Waals surface area contributed by atoms with E-state index in [4.69, 9.17) is 23.7 Å². The number of hydrogen-bond acceptors (Lipinski definition) is 11. The van der Waals surface area contributed by atoms with Crippen LogP contribution in [0.4, 0.5) is 0 Å². The highest BCUT2D eigenvalue weighted by atomic mass is 16.7. The molecule has 0 amide bonds. The summed E-state index contributed by atoms with van der Waals surface area (Å²) in [6.45, 7) is 5.90. The molecule has 1 saturated heterocycles. The van der Waals surface area contributed by atoms with E-state index in [-0.39, 0.29) is 25.9 Å². The van der Waals surface area contributed by atoms with Gasteiger partial charge in [-0.3, -0.25) is 14.4 Å². The Morgan fingerprint density at radius 1 is 0.430 bits per heavy atom. The summed E-state index contributed by atoms with van der Waals surface area (Å²) >= 11 is 0. The van der Waals surface area contributed by atoms with Crippen molar-refractivity contribution in [2.45, 2.75) is 327 Å². The number of unbranched alkanes of at least 4 members (excludes halogenated alkanes) is 31. The Kier molecular flexibility index (Phi) is 51.1. The third-order valence-electron chi connectivity index (χ3n) is 14.6. The summed E-state index contributed by atoms with van der Waals surface area (Å²) in [4.78, 5) is 51.3. The first-order chi connectivity index (χ1) is 38.6. The Balaban J connectivity index is 2.65. The SMILES string of the molecule is CC/C=C\C/C=C\C/C=C\C/C=C\CCCCCCCCC(=O)OC1C(OCC(COC(=O)CCCCCCCCC/C=C\CCCCCCCC)OC(=O)CCCCCCCCCCCCCCC)OC(C(=O)O)C(O)C1O. The first kappa shape index (κ1) is 73.4. The molecule has 3 N–H and O–H groups in total. The maximum absolute atomic E-state index is 13.2. The first-order valence-corrected chi connectivity index (χ1v) is 32.3. The molecule has 79 heavy (non-hydrogen) atoms. The molecule has 0 aliphatic carbocycles. The summed E-state index contributed by atoms with van der Waals surface area (Å²) in [5.41, 5.74) is 0. The van der Waals surface area contributed by atoms with Gasteiger partial charge in [-0.05, 0) is 83.5 Å². The number of carbonyl (C=O) groups is 4. The molecule has 1 rings (SSSR count). The monoisotopic (exact) mass is 1110 g/mol. The molecule has 1 aliphatic rings. The lowest BCUT2D eigenvalue weighted by molar-refractivity contribution is -0.301. The van der Waals surface area contributed by atoms with Gasteiger partial charge in [-0.1, -0.05) is 248 Å². The highest BCUT2D eigenvalue weighted by Crippen LogP contribution is 2.27. The zero-order valence-electron chi connectivity index (χ0n) is 50.4. The van der Waals surface area contributed by atoms with Crippen LogP contribution in [0.25, 0.3) is 0 Å². The second-order valence-corrected chi connectivity index (χ2v) is 22.0. The molecular formula is C67H116O12. The van der Waals surface area contributed by atoms with Gasteiger partial charge in [-0.15, -0.1) is 0 Å². The molecule has 1 aliphatic heterocycles. The topological polar surface area (TPSA) is 175 Å². The number of esters is 3. The number of aliphatic carboxylic acids is 1. The summed E-state index contributed by atoms with van der Waals surface area (Å²) < 4.78 is 28.5. The Morgan fingerprint density at radius 3 is 1.23 bits per heavy atom. The van der Waals surface area contributed by atoms with Crippen molar-refractivity contribution in [3.05, 3.63) is 60.8 Å². The second kappa shape index (κ2) is 55.0. The molecule has 456 valence electrons. The van der Waals surface area contributed by atoms with Gasteiger partial charge in [0, 0.05) is 19.3 Å². The van der Waals surface area contributed by atoms with Crippen LogP contribution < -0.4 is 0 Å². The van der Waals surface area contributed by atoms with Crippen molar-refractivity contribution in [2.75, 3.05) is 13.2 Å². The predicted molar refractivity (Wildman–Crippen MR) is 322 cm³/mol. The molecule has 0 radical (unpaired) electrons. The van der Waals surface area contributed by atoms with Crippen molar-refractivity contribution in [2.24, 2.45) is 0 Å². The van der Waals surface area contributed by atoms with Crippen molar-refractivity contribution < 1.29 is 58.2 Å². The molecule has 6 unspecified atom stereocenters. The van der Waals surface area contributed by atoms with Gasteiger partial charge in [-0.25, -0.2) is 4.79 Å². The number of hydrogen-bond donors (Lipinski definition) is 3. The maximum atomic E-state index is 13.2. The lowest BCUT2D eigenvalue weighted by Gasteiger charge is -2.40. The van der Waals surface area contributed by atoms with Crippen LogP contribution in [0, 0.1) is 0 Å². The van der Waals surface area contributed by atoms with E-state index in [1.54, 1.807) is 0 Å². The Labute approximate surface area is 481 Å². The molecule has 0 bridgehead atoms. The number of carbonyl (C=O) groups excluding carboxylic acids is 3.